The normalized spacial score (nSPS) is 17.5. The van der Waals surface area contributed by atoms with E-state index in [0.717, 1.165) is 54.6 Å². The quantitative estimate of drug-likeness (QED) is 0.858. The number of pyridine rings is 1. The van der Waals surface area contributed by atoms with Crippen molar-refractivity contribution in [2.24, 2.45) is 5.92 Å². The fraction of sp³-hybridized carbons (Fsp3) is 0.500. The molecule has 1 aliphatic rings. The average Bonchev–Trinajstić information content (AvgIpc) is 2.52. The van der Waals surface area contributed by atoms with E-state index in [1.54, 1.807) is 0 Å². The summed E-state index contributed by atoms with van der Waals surface area (Å²) in [6, 6.07) is 8.12. The number of benzene rings is 1. The van der Waals surface area contributed by atoms with Crippen LogP contribution < -0.4 is 0 Å². The van der Waals surface area contributed by atoms with Gasteiger partial charge in [-0.3, -0.25) is 9.88 Å². The van der Waals surface area contributed by atoms with Crippen molar-refractivity contribution in [3.8, 4) is 0 Å². The van der Waals surface area contributed by atoms with E-state index in [2.05, 4.69) is 40.8 Å². The Bertz CT molecular complexity index is 633. The molecular weight excluding hydrogens is 294 g/mol. The van der Waals surface area contributed by atoms with Crippen LogP contribution >= 0.6 is 11.6 Å². The first-order valence-electron chi connectivity index (χ1n) is 8.10. The van der Waals surface area contributed by atoms with E-state index in [4.69, 9.17) is 11.6 Å². The highest BCUT2D eigenvalue weighted by Crippen LogP contribution is 2.25. The molecule has 4 heteroatoms. The molecule has 1 fully saturated rings. The minimum absolute atomic E-state index is 0.746. The van der Waals surface area contributed by atoms with Crippen molar-refractivity contribution in [3.63, 3.8) is 0 Å². The summed E-state index contributed by atoms with van der Waals surface area (Å²) in [5.41, 5.74) is 2.32. The van der Waals surface area contributed by atoms with Gasteiger partial charge in [0.25, 0.3) is 0 Å². The van der Waals surface area contributed by atoms with Gasteiger partial charge in [0.15, 0.2) is 0 Å². The van der Waals surface area contributed by atoms with Gasteiger partial charge in [-0.25, -0.2) is 0 Å². The summed E-state index contributed by atoms with van der Waals surface area (Å²) in [6.45, 7) is 11.3. The zero-order valence-electron chi connectivity index (χ0n) is 13.4. The number of aromatic nitrogens is 1. The Morgan fingerprint density at radius 3 is 2.55 bits per heavy atom. The minimum Gasteiger partial charge on any atom is -0.301 e. The molecule has 3 rings (SSSR count). The van der Waals surface area contributed by atoms with Gasteiger partial charge in [-0.15, -0.1) is 0 Å². The van der Waals surface area contributed by atoms with E-state index in [1.165, 1.54) is 12.1 Å². The van der Waals surface area contributed by atoms with Gasteiger partial charge < -0.3 is 4.90 Å². The molecule has 2 heterocycles. The van der Waals surface area contributed by atoms with Crippen LogP contribution in [0.4, 0.5) is 0 Å². The Hall–Kier alpha value is -1.16. The molecule has 1 saturated heterocycles. The summed E-state index contributed by atoms with van der Waals surface area (Å²) >= 11 is 6.28. The van der Waals surface area contributed by atoms with Crippen molar-refractivity contribution >= 4 is 22.5 Å². The molecular formula is C18H24ClN3. The SMILES string of the molecule is CC(C)CN1CCN(Cc2ccc(Cl)c3cccnc23)CC1. The number of rotatable bonds is 4. The molecule has 1 aromatic heterocycles. The highest BCUT2D eigenvalue weighted by atomic mass is 35.5. The van der Waals surface area contributed by atoms with Crippen LogP contribution in [0.25, 0.3) is 10.9 Å². The predicted octanol–water partition coefficient (Wildman–Crippen LogP) is 3.66. The second kappa shape index (κ2) is 6.95. The van der Waals surface area contributed by atoms with Crippen molar-refractivity contribution in [1.29, 1.82) is 0 Å². The van der Waals surface area contributed by atoms with Crippen LogP contribution in [0.5, 0.6) is 0 Å². The van der Waals surface area contributed by atoms with Gasteiger partial charge in [0.1, 0.15) is 0 Å². The van der Waals surface area contributed by atoms with Gasteiger partial charge >= 0.3 is 0 Å². The van der Waals surface area contributed by atoms with Crippen molar-refractivity contribution in [2.75, 3.05) is 32.7 Å². The lowest BCUT2D eigenvalue weighted by Crippen LogP contribution is -2.46. The van der Waals surface area contributed by atoms with Gasteiger partial charge in [-0.05, 0) is 29.7 Å². The van der Waals surface area contributed by atoms with E-state index < -0.39 is 0 Å². The van der Waals surface area contributed by atoms with E-state index in [-0.39, 0.29) is 0 Å². The summed E-state index contributed by atoms with van der Waals surface area (Å²) < 4.78 is 0. The van der Waals surface area contributed by atoms with E-state index in [1.807, 2.05) is 18.3 Å². The van der Waals surface area contributed by atoms with Crippen molar-refractivity contribution in [3.05, 3.63) is 41.0 Å². The lowest BCUT2D eigenvalue weighted by atomic mass is 10.1. The van der Waals surface area contributed by atoms with Crippen LogP contribution in [0.2, 0.25) is 5.02 Å². The minimum atomic E-state index is 0.746. The van der Waals surface area contributed by atoms with Crippen molar-refractivity contribution in [2.45, 2.75) is 20.4 Å². The van der Waals surface area contributed by atoms with E-state index in [9.17, 15) is 0 Å². The Morgan fingerprint density at radius 2 is 1.82 bits per heavy atom. The van der Waals surface area contributed by atoms with Gasteiger partial charge in [0.05, 0.1) is 5.52 Å². The summed E-state index contributed by atoms with van der Waals surface area (Å²) in [5, 5.41) is 1.84. The molecule has 0 spiro atoms. The third-order valence-corrected chi connectivity index (χ3v) is 4.61. The Labute approximate surface area is 137 Å². The first-order valence-corrected chi connectivity index (χ1v) is 8.48. The summed E-state index contributed by atoms with van der Waals surface area (Å²) in [5.74, 6) is 0.746. The van der Waals surface area contributed by atoms with Gasteiger partial charge in [-0.1, -0.05) is 31.5 Å². The number of fused-ring (bicyclic) bond motifs is 1. The van der Waals surface area contributed by atoms with Crippen molar-refractivity contribution in [1.82, 2.24) is 14.8 Å². The average molecular weight is 318 g/mol. The second-order valence-electron chi connectivity index (χ2n) is 6.58. The number of halogens is 1. The molecule has 1 aliphatic heterocycles. The van der Waals surface area contributed by atoms with Gasteiger partial charge in [-0.2, -0.15) is 0 Å². The molecule has 0 bridgehead atoms. The highest BCUT2D eigenvalue weighted by Gasteiger charge is 2.18. The first kappa shape index (κ1) is 15.7. The Balaban J connectivity index is 1.69. The third kappa shape index (κ3) is 3.60. The molecule has 0 N–H and O–H groups in total. The molecule has 3 nitrogen and oxygen atoms in total. The predicted molar refractivity (Wildman–Crippen MR) is 93.3 cm³/mol. The summed E-state index contributed by atoms with van der Waals surface area (Å²) in [7, 11) is 0. The third-order valence-electron chi connectivity index (χ3n) is 4.28. The smallest absolute Gasteiger partial charge is 0.0761 e. The van der Waals surface area contributed by atoms with Crippen LogP contribution in [-0.2, 0) is 6.54 Å². The van der Waals surface area contributed by atoms with Crippen LogP contribution in [0.15, 0.2) is 30.5 Å². The molecule has 22 heavy (non-hydrogen) atoms. The van der Waals surface area contributed by atoms with Crippen LogP contribution in [0.3, 0.4) is 0 Å². The van der Waals surface area contributed by atoms with E-state index >= 15 is 0 Å². The zero-order valence-corrected chi connectivity index (χ0v) is 14.2. The fourth-order valence-corrected chi connectivity index (χ4v) is 3.43. The Morgan fingerprint density at radius 1 is 1.09 bits per heavy atom. The number of nitrogens with zero attached hydrogens (tertiary/aromatic N) is 3. The van der Waals surface area contributed by atoms with Crippen LogP contribution in [0.1, 0.15) is 19.4 Å². The maximum absolute atomic E-state index is 6.28. The van der Waals surface area contributed by atoms with Crippen LogP contribution in [-0.4, -0.2) is 47.5 Å². The summed E-state index contributed by atoms with van der Waals surface area (Å²) in [4.78, 5) is 9.63. The highest BCUT2D eigenvalue weighted by molar-refractivity contribution is 6.35. The maximum Gasteiger partial charge on any atom is 0.0761 e. The molecule has 0 amide bonds. The van der Waals surface area contributed by atoms with Crippen molar-refractivity contribution < 1.29 is 0 Å². The molecule has 0 radical (unpaired) electrons. The zero-order chi connectivity index (χ0) is 15.5. The molecule has 0 saturated carbocycles. The molecule has 2 aromatic rings. The fourth-order valence-electron chi connectivity index (χ4n) is 3.21. The molecule has 0 atom stereocenters. The maximum atomic E-state index is 6.28. The lowest BCUT2D eigenvalue weighted by molar-refractivity contribution is 0.118. The number of hydrogen-bond donors (Lipinski definition) is 0. The second-order valence-corrected chi connectivity index (χ2v) is 6.98. The molecule has 0 unspecified atom stereocenters. The molecule has 0 aliphatic carbocycles. The standard InChI is InChI=1S/C18H24ClN3/c1-14(2)12-21-8-10-22(11-9-21)13-15-5-6-17(19)16-4-3-7-20-18(15)16/h3-7,14H,8-13H2,1-2H3. The first-order chi connectivity index (χ1) is 10.6. The topological polar surface area (TPSA) is 19.4 Å². The monoisotopic (exact) mass is 317 g/mol. The largest absolute Gasteiger partial charge is 0.301 e. The van der Waals surface area contributed by atoms with Gasteiger partial charge in [0.2, 0.25) is 0 Å². The van der Waals surface area contributed by atoms with E-state index in [0.29, 0.717) is 0 Å². The number of hydrogen-bond acceptors (Lipinski definition) is 3. The molecule has 118 valence electrons. The number of piperazine rings is 1. The summed E-state index contributed by atoms with van der Waals surface area (Å²) in [6.07, 6.45) is 1.85. The molecule has 1 aromatic carbocycles. The van der Waals surface area contributed by atoms with Crippen LogP contribution in [0, 0.1) is 5.92 Å². The van der Waals surface area contributed by atoms with Gasteiger partial charge in [0, 0.05) is 55.9 Å². The lowest BCUT2D eigenvalue weighted by Gasteiger charge is -2.35. The Kier molecular flexibility index (Phi) is 4.97.